The van der Waals surface area contributed by atoms with Crippen molar-refractivity contribution in [3.63, 3.8) is 0 Å². The summed E-state index contributed by atoms with van der Waals surface area (Å²) in [5.41, 5.74) is 7.14. The molecule has 0 saturated heterocycles. The lowest BCUT2D eigenvalue weighted by molar-refractivity contribution is -0.432. The van der Waals surface area contributed by atoms with E-state index in [9.17, 15) is 0 Å². The normalized spacial score (nSPS) is 18.6. The van der Waals surface area contributed by atoms with Crippen LogP contribution < -0.4 is 5.73 Å². The van der Waals surface area contributed by atoms with Crippen LogP contribution in [0.1, 0.15) is 49.8 Å². The fourth-order valence-corrected chi connectivity index (χ4v) is 1.92. The standard InChI is InChI=1S/C13H19N/c1-9(2)11-4-3-5-12(8-11)13(14)10-6-7-10/h3-5,8-10,13H,6-7,14H2,1-2H3/p+1/t13-/m0/s1. The Morgan fingerprint density at radius 2 is 1.86 bits per heavy atom. The predicted octanol–water partition coefficient (Wildman–Crippen LogP) is 2.50. The summed E-state index contributed by atoms with van der Waals surface area (Å²) in [6, 6.07) is 9.47. The summed E-state index contributed by atoms with van der Waals surface area (Å²) in [5, 5.41) is 0. The van der Waals surface area contributed by atoms with Crippen molar-refractivity contribution in [1.29, 1.82) is 0 Å². The van der Waals surface area contributed by atoms with E-state index < -0.39 is 0 Å². The molecule has 1 aromatic rings. The number of rotatable bonds is 3. The van der Waals surface area contributed by atoms with Gasteiger partial charge in [-0.2, -0.15) is 0 Å². The largest absolute Gasteiger partial charge is 0.351 e. The second kappa shape index (κ2) is 3.74. The summed E-state index contributed by atoms with van der Waals surface area (Å²) < 4.78 is 0. The van der Waals surface area contributed by atoms with E-state index in [0.29, 0.717) is 12.0 Å². The topological polar surface area (TPSA) is 27.6 Å². The average molecular weight is 190 g/mol. The third-order valence-corrected chi connectivity index (χ3v) is 3.20. The number of hydrogen-bond acceptors (Lipinski definition) is 0. The molecule has 1 aliphatic carbocycles. The number of benzene rings is 1. The Hall–Kier alpha value is -0.820. The second-order valence-corrected chi connectivity index (χ2v) is 4.77. The third-order valence-electron chi connectivity index (χ3n) is 3.20. The zero-order chi connectivity index (χ0) is 10.1. The van der Waals surface area contributed by atoms with Gasteiger partial charge in [0, 0.05) is 11.5 Å². The van der Waals surface area contributed by atoms with Crippen LogP contribution in [0.5, 0.6) is 0 Å². The molecule has 0 radical (unpaired) electrons. The first kappa shape index (κ1) is 9.72. The van der Waals surface area contributed by atoms with Crippen LogP contribution in [0.3, 0.4) is 0 Å². The summed E-state index contributed by atoms with van der Waals surface area (Å²) in [7, 11) is 0. The van der Waals surface area contributed by atoms with Crippen LogP contribution in [-0.2, 0) is 0 Å². The van der Waals surface area contributed by atoms with Gasteiger partial charge < -0.3 is 5.73 Å². The molecule has 1 fully saturated rings. The molecule has 0 aliphatic heterocycles. The van der Waals surface area contributed by atoms with Crippen molar-refractivity contribution in [3.8, 4) is 0 Å². The van der Waals surface area contributed by atoms with Crippen molar-refractivity contribution in [2.24, 2.45) is 5.92 Å². The van der Waals surface area contributed by atoms with E-state index in [1.807, 2.05) is 0 Å². The second-order valence-electron chi connectivity index (χ2n) is 4.77. The Morgan fingerprint density at radius 1 is 1.21 bits per heavy atom. The van der Waals surface area contributed by atoms with E-state index in [-0.39, 0.29) is 0 Å². The van der Waals surface area contributed by atoms with Gasteiger partial charge in [-0.15, -0.1) is 0 Å². The van der Waals surface area contributed by atoms with Crippen LogP contribution in [0, 0.1) is 5.92 Å². The highest BCUT2D eigenvalue weighted by Crippen LogP contribution is 2.38. The summed E-state index contributed by atoms with van der Waals surface area (Å²) >= 11 is 0. The van der Waals surface area contributed by atoms with Gasteiger partial charge in [0.05, 0.1) is 0 Å². The van der Waals surface area contributed by atoms with Gasteiger partial charge in [-0.05, 0) is 30.4 Å². The summed E-state index contributed by atoms with van der Waals surface area (Å²) in [6.45, 7) is 4.49. The minimum absolute atomic E-state index is 0.522. The van der Waals surface area contributed by atoms with E-state index in [4.69, 9.17) is 0 Å². The lowest BCUT2D eigenvalue weighted by Gasteiger charge is -2.11. The zero-order valence-corrected chi connectivity index (χ0v) is 9.16. The van der Waals surface area contributed by atoms with Crippen molar-refractivity contribution < 1.29 is 5.73 Å². The quantitative estimate of drug-likeness (QED) is 0.758. The molecule has 0 spiro atoms. The van der Waals surface area contributed by atoms with Gasteiger partial charge in [0.1, 0.15) is 6.04 Å². The van der Waals surface area contributed by atoms with Gasteiger partial charge in [0.25, 0.3) is 0 Å². The predicted molar refractivity (Wildman–Crippen MR) is 58.9 cm³/mol. The highest BCUT2D eigenvalue weighted by atomic mass is 14.7. The van der Waals surface area contributed by atoms with E-state index in [2.05, 4.69) is 43.8 Å². The minimum atomic E-state index is 0.522. The number of hydrogen-bond donors (Lipinski definition) is 1. The molecule has 0 unspecified atom stereocenters. The number of quaternary nitrogens is 1. The van der Waals surface area contributed by atoms with E-state index in [1.54, 1.807) is 0 Å². The Kier molecular flexibility index (Phi) is 2.60. The molecule has 0 aromatic heterocycles. The summed E-state index contributed by atoms with van der Waals surface area (Å²) in [6.07, 6.45) is 2.75. The molecule has 3 N–H and O–H groups in total. The first-order valence-electron chi connectivity index (χ1n) is 5.61. The Bertz CT molecular complexity index is 313. The smallest absolute Gasteiger partial charge is 0.113 e. The fourth-order valence-electron chi connectivity index (χ4n) is 1.92. The molecular weight excluding hydrogens is 170 g/mol. The first-order chi connectivity index (χ1) is 6.68. The first-order valence-corrected chi connectivity index (χ1v) is 5.61. The summed E-state index contributed by atoms with van der Waals surface area (Å²) in [5.74, 6) is 1.48. The Balaban J connectivity index is 2.20. The van der Waals surface area contributed by atoms with Crippen LogP contribution in [-0.4, -0.2) is 0 Å². The van der Waals surface area contributed by atoms with Crippen LogP contribution in [0.15, 0.2) is 24.3 Å². The molecule has 1 heteroatoms. The molecule has 0 heterocycles. The maximum absolute atomic E-state index is 4.27. The van der Waals surface area contributed by atoms with Crippen molar-refractivity contribution in [2.75, 3.05) is 0 Å². The van der Waals surface area contributed by atoms with E-state index >= 15 is 0 Å². The lowest BCUT2D eigenvalue weighted by atomic mass is 9.96. The van der Waals surface area contributed by atoms with Crippen molar-refractivity contribution in [1.82, 2.24) is 0 Å². The maximum atomic E-state index is 4.27. The van der Waals surface area contributed by atoms with Crippen LogP contribution in [0.4, 0.5) is 0 Å². The Labute approximate surface area is 86.3 Å². The minimum Gasteiger partial charge on any atom is -0.351 e. The molecule has 1 atom stereocenters. The molecule has 2 rings (SSSR count). The average Bonchev–Trinajstić information content (AvgIpc) is 3.00. The highest BCUT2D eigenvalue weighted by molar-refractivity contribution is 5.27. The van der Waals surface area contributed by atoms with Crippen molar-refractivity contribution in [2.45, 2.75) is 38.6 Å². The Morgan fingerprint density at radius 3 is 2.43 bits per heavy atom. The zero-order valence-electron chi connectivity index (χ0n) is 9.16. The molecule has 0 bridgehead atoms. The molecule has 76 valence electrons. The molecular formula is C13H20N+. The molecule has 14 heavy (non-hydrogen) atoms. The van der Waals surface area contributed by atoms with Crippen molar-refractivity contribution >= 4 is 0 Å². The van der Waals surface area contributed by atoms with E-state index in [0.717, 1.165) is 5.92 Å². The fraction of sp³-hybridized carbons (Fsp3) is 0.538. The van der Waals surface area contributed by atoms with Crippen LogP contribution in [0.25, 0.3) is 0 Å². The molecule has 0 amide bonds. The maximum Gasteiger partial charge on any atom is 0.113 e. The van der Waals surface area contributed by atoms with Gasteiger partial charge in [-0.1, -0.05) is 32.0 Å². The monoisotopic (exact) mass is 190 g/mol. The molecule has 1 aromatic carbocycles. The summed E-state index contributed by atoms with van der Waals surface area (Å²) in [4.78, 5) is 0. The van der Waals surface area contributed by atoms with Gasteiger partial charge in [0.15, 0.2) is 0 Å². The van der Waals surface area contributed by atoms with Crippen molar-refractivity contribution in [3.05, 3.63) is 35.4 Å². The molecule has 1 nitrogen and oxygen atoms in total. The van der Waals surface area contributed by atoms with E-state index in [1.165, 1.54) is 24.0 Å². The van der Waals surface area contributed by atoms with Gasteiger partial charge in [0.2, 0.25) is 0 Å². The molecule has 1 saturated carbocycles. The van der Waals surface area contributed by atoms with Crippen LogP contribution >= 0.6 is 0 Å². The van der Waals surface area contributed by atoms with Crippen LogP contribution in [0.2, 0.25) is 0 Å². The lowest BCUT2D eigenvalue weighted by Crippen LogP contribution is -2.54. The van der Waals surface area contributed by atoms with Gasteiger partial charge in [-0.25, -0.2) is 0 Å². The van der Waals surface area contributed by atoms with Gasteiger partial charge >= 0.3 is 0 Å². The SMILES string of the molecule is CC(C)c1cccc([C@@H]([NH3+])C2CC2)c1. The molecule has 1 aliphatic rings. The third kappa shape index (κ3) is 1.98. The highest BCUT2D eigenvalue weighted by Gasteiger charge is 2.32. The van der Waals surface area contributed by atoms with Gasteiger partial charge in [-0.3, -0.25) is 0 Å².